The second-order valence-electron chi connectivity index (χ2n) is 6.06. The first-order valence-corrected chi connectivity index (χ1v) is 6.71. The molecule has 0 saturated carbocycles. The Morgan fingerprint density at radius 2 is 2.00 bits per heavy atom. The van der Waals surface area contributed by atoms with Crippen LogP contribution in [0.25, 0.3) is 0 Å². The van der Waals surface area contributed by atoms with E-state index in [2.05, 4.69) is 31.1 Å². The third-order valence-electron chi connectivity index (χ3n) is 3.28. The van der Waals surface area contributed by atoms with Gasteiger partial charge in [-0.2, -0.15) is 0 Å². The molecule has 0 fully saturated rings. The van der Waals surface area contributed by atoms with Crippen molar-refractivity contribution in [2.24, 2.45) is 11.1 Å². The van der Waals surface area contributed by atoms with Gasteiger partial charge in [0.25, 0.3) is 5.91 Å². The molecule has 19 heavy (non-hydrogen) atoms. The molecule has 1 amide bonds. The molecule has 0 radical (unpaired) electrons. The van der Waals surface area contributed by atoms with E-state index in [4.69, 9.17) is 5.73 Å². The fourth-order valence-corrected chi connectivity index (χ4v) is 2.05. The average molecular weight is 263 g/mol. The minimum absolute atomic E-state index is 0.0128. The van der Waals surface area contributed by atoms with Gasteiger partial charge in [0, 0.05) is 11.7 Å². The summed E-state index contributed by atoms with van der Waals surface area (Å²) in [6, 6.07) is 3.75. The number of nitrogens with zero attached hydrogens (tertiary/aromatic N) is 1. The van der Waals surface area contributed by atoms with Crippen molar-refractivity contribution in [3.63, 3.8) is 0 Å². The molecule has 1 unspecified atom stereocenters. The average Bonchev–Trinajstić information content (AvgIpc) is 2.26. The van der Waals surface area contributed by atoms with E-state index in [0.717, 1.165) is 17.8 Å². The van der Waals surface area contributed by atoms with Crippen molar-refractivity contribution < 1.29 is 4.79 Å². The van der Waals surface area contributed by atoms with Gasteiger partial charge in [-0.25, -0.2) is 0 Å². The Bertz CT molecular complexity index is 449. The molecule has 0 aliphatic carbocycles. The van der Waals surface area contributed by atoms with Gasteiger partial charge in [-0.3, -0.25) is 9.78 Å². The normalized spacial score (nSPS) is 13.2. The number of aromatic nitrogens is 1. The van der Waals surface area contributed by atoms with Crippen LogP contribution in [0.4, 0.5) is 0 Å². The molecule has 0 saturated heterocycles. The number of carbonyl (C=O) groups excluding carboxylic acids is 1. The molecule has 1 aromatic rings. The van der Waals surface area contributed by atoms with Gasteiger partial charge >= 0.3 is 0 Å². The summed E-state index contributed by atoms with van der Waals surface area (Å²) >= 11 is 0. The van der Waals surface area contributed by atoms with Crippen LogP contribution in [0.1, 0.15) is 48.9 Å². The number of nitrogens with two attached hydrogens (primary N) is 1. The van der Waals surface area contributed by atoms with Crippen molar-refractivity contribution >= 4 is 5.91 Å². The lowest BCUT2D eigenvalue weighted by Crippen LogP contribution is -2.45. The second kappa shape index (κ2) is 6.15. The van der Waals surface area contributed by atoms with Gasteiger partial charge in [-0.05, 0) is 44.4 Å². The molecule has 0 aliphatic rings. The Labute approximate surface area is 115 Å². The number of rotatable bonds is 4. The Morgan fingerprint density at radius 1 is 1.37 bits per heavy atom. The highest BCUT2D eigenvalue weighted by Gasteiger charge is 2.26. The summed E-state index contributed by atoms with van der Waals surface area (Å²) in [6.07, 6.45) is 0.771. The van der Waals surface area contributed by atoms with E-state index < -0.39 is 0 Å². The van der Waals surface area contributed by atoms with Crippen molar-refractivity contribution in [3.05, 3.63) is 29.1 Å². The van der Waals surface area contributed by atoms with Crippen LogP contribution >= 0.6 is 0 Å². The number of hydrogen-bond donors (Lipinski definition) is 2. The lowest BCUT2D eigenvalue weighted by molar-refractivity contribution is 0.0898. The van der Waals surface area contributed by atoms with E-state index in [0.29, 0.717) is 12.1 Å². The van der Waals surface area contributed by atoms with Crippen LogP contribution in [-0.2, 0) is 0 Å². The smallest absolute Gasteiger partial charge is 0.253 e. The zero-order chi connectivity index (χ0) is 14.6. The summed E-state index contributed by atoms with van der Waals surface area (Å²) in [5.74, 6) is -0.0709. The van der Waals surface area contributed by atoms with E-state index in [-0.39, 0.29) is 17.4 Å². The van der Waals surface area contributed by atoms with E-state index in [9.17, 15) is 4.79 Å². The summed E-state index contributed by atoms with van der Waals surface area (Å²) in [5.41, 5.74) is 7.93. The molecule has 1 rings (SSSR count). The van der Waals surface area contributed by atoms with Gasteiger partial charge < -0.3 is 11.1 Å². The molecule has 0 aliphatic heterocycles. The number of pyridine rings is 1. The van der Waals surface area contributed by atoms with E-state index >= 15 is 0 Å². The van der Waals surface area contributed by atoms with Crippen molar-refractivity contribution in [2.75, 3.05) is 6.54 Å². The van der Waals surface area contributed by atoms with E-state index in [1.165, 1.54) is 0 Å². The highest BCUT2D eigenvalue weighted by atomic mass is 16.1. The maximum absolute atomic E-state index is 12.3. The first-order chi connectivity index (χ1) is 8.75. The Kier molecular flexibility index (Phi) is 5.06. The van der Waals surface area contributed by atoms with Crippen LogP contribution in [-0.4, -0.2) is 23.5 Å². The zero-order valence-corrected chi connectivity index (χ0v) is 12.6. The number of hydrogen-bond acceptors (Lipinski definition) is 3. The Morgan fingerprint density at radius 3 is 2.47 bits per heavy atom. The minimum Gasteiger partial charge on any atom is -0.349 e. The fraction of sp³-hybridized carbons (Fsp3) is 0.600. The molecule has 0 aromatic carbocycles. The highest BCUT2D eigenvalue weighted by molar-refractivity contribution is 5.95. The highest BCUT2D eigenvalue weighted by Crippen LogP contribution is 2.22. The number of amides is 1. The predicted octanol–water partition coefficient (Wildman–Crippen LogP) is 2.19. The molecule has 0 bridgehead atoms. The summed E-state index contributed by atoms with van der Waals surface area (Å²) in [5, 5.41) is 3.08. The standard InChI is InChI=1S/C15H25N3O/c1-10-6-7-12(11(2)17-10)14(19)18-13(8-9-16)15(3,4)5/h6-7,13H,8-9,16H2,1-5H3,(H,18,19). The van der Waals surface area contributed by atoms with Gasteiger partial charge in [0.1, 0.15) is 0 Å². The summed E-state index contributed by atoms with van der Waals surface area (Å²) < 4.78 is 0. The number of aryl methyl sites for hydroxylation is 2. The molecular weight excluding hydrogens is 238 g/mol. The molecule has 1 atom stereocenters. The third-order valence-corrected chi connectivity index (χ3v) is 3.28. The van der Waals surface area contributed by atoms with Crippen molar-refractivity contribution in [2.45, 2.75) is 47.1 Å². The molecule has 1 heterocycles. The SMILES string of the molecule is Cc1ccc(C(=O)NC(CCN)C(C)(C)C)c(C)n1. The first-order valence-electron chi connectivity index (χ1n) is 6.71. The van der Waals surface area contributed by atoms with Gasteiger partial charge in [0.05, 0.1) is 11.3 Å². The molecule has 106 valence electrons. The van der Waals surface area contributed by atoms with Crippen molar-refractivity contribution in [3.8, 4) is 0 Å². The first kappa shape index (κ1) is 15.6. The number of nitrogens with one attached hydrogen (secondary N) is 1. The second-order valence-corrected chi connectivity index (χ2v) is 6.06. The zero-order valence-electron chi connectivity index (χ0n) is 12.6. The quantitative estimate of drug-likeness (QED) is 0.875. The molecule has 4 nitrogen and oxygen atoms in total. The lowest BCUT2D eigenvalue weighted by atomic mass is 9.84. The molecule has 1 aromatic heterocycles. The Hall–Kier alpha value is -1.42. The summed E-state index contributed by atoms with van der Waals surface area (Å²) in [6.45, 7) is 10.7. The summed E-state index contributed by atoms with van der Waals surface area (Å²) in [4.78, 5) is 16.6. The molecular formula is C15H25N3O. The van der Waals surface area contributed by atoms with Crippen LogP contribution in [0.5, 0.6) is 0 Å². The van der Waals surface area contributed by atoms with E-state index in [1.54, 1.807) is 0 Å². The van der Waals surface area contributed by atoms with Gasteiger partial charge in [-0.15, -0.1) is 0 Å². The predicted molar refractivity (Wildman–Crippen MR) is 78.1 cm³/mol. The van der Waals surface area contributed by atoms with Gasteiger partial charge in [0.15, 0.2) is 0 Å². The van der Waals surface area contributed by atoms with Crippen LogP contribution in [0.2, 0.25) is 0 Å². The largest absolute Gasteiger partial charge is 0.349 e. The fourth-order valence-electron chi connectivity index (χ4n) is 2.05. The minimum atomic E-state index is -0.0709. The maximum atomic E-state index is 12.3. The van der Waals surface area contributed by atoms with Crippen LogP contribution < -0.4 is 11.1 Å². The van der Waals surface area contributed by atoms with Crippen LogP contribution in [0.3, 0.4) is 0 Å². The molecule has 0 spiro atoms. The van der Waals surface area contributed by atoms with E-state index in [1.807, 2.05) is 26.0 Å². The van der Waals surface area contributed by atoms with Gasteiger partial charge in [0.2, 0.25) is 0 Å². The third kappa shape index (κ3) is 4.31. The van der Waals surface area contributed by atoms with Crippen LogP contribution in [0, 0.1) is 19.3 Å². The number of carbonyl (C=O) groups is 1. The molecule has 4 heteroatoms. The Balaban J connectivity index is 2.88. The van der Waals surface area contributed by atoms with Crippen molar-refractivity contribution in [1.82, 2.24) is 10.3 Å². The van der Waals surface area contributed by atoms with Gasteiger partial charge in [-0.1, -0.05) is 20.8 Å². The maximum Gasteiger partial charge on any atom is 0.253 e. The topological polar surface area (TPSA) is 68.0 Å². The summed E-state index contributed by atoms with van der Waals surface area (Å²) in [7, 11) is 0. The molecule has 3 N–H and O–H groups in total. The lowest BCUT2D eigenvalue weighted by Gasteiger charge is -2.31. The monoisotopic (exact) mass is 263 g/mol. The van der Waals surface area contributed by atoms with Crippen LogP contribution in [0.15, 0.2) is 12.1 Å². The van der Waals surface area contributed by atoms with Crippen molar-refractivity contribution in [1.29, 1.82) is 0 Å².